The van der Waals surface area contributed by atoms with Crippen molar-refractivity contribution in [2.45, 2.75) is 18.5 Å². The molecule has 19 heavy (non-hydrogen) atoms. The number of alkyl halides is 4. The van der Waals surface area contributed by atoms with Crippen LogP contribution in [-0.4, -0.2) is 25.3 Å². The maximum Gasteiger partial charge on any atom is 0.411 e. The van der Waals surface area contributed by atoms with Crippen LogP contribution in [0.25, 0.3) is 0 Å². The molecule has 7 heteroatoms. The number of rotatable bonds is 5. The van der Waals surface area contributed by atoms with Gasteiger partial charge in [0.1, 0.15) is 13.2 Å². The van der Waals surface area contributed by atoms with Crippen molar-refractivity contribution in [3.63, 3.8) is 0 Å². The maximum atomic E-state index is 11.8. The van der Waals surface area contributed by atoms with E-state index in [-0.39, 0.29) is 5.38 Å². The number of hydrogen-bond acceptors (Lipinski definition) is 2. The van der Waals surface area contributed by atoms with Gasteiger partial charge in [-0.1, -0.05) is 18.2 Å². The van der Waals surface area contributed by atoms with Crippen LogP contribution >= 0.6 is 11.6 Å². The Labute approximate surface area is 113 Å². The lowest BCUT2D eigenvalue weighted by atomic mass is 10.1. The van der Waals surface area contributed by atoms with Gasteiger partial charge in [0.25, 0.3) is 0 Å². The van der Waals surface area contributed by atoms with Gasteiger partial charge in [-0.3, -0.25) is 4.79 Å². The molecule has 0 aliphatic heterocycles. The monoisotopic (exact) mass is 295 g/mol. The molecule has 0 aromatic heterocycles. The Bertz CT molecular complexity index is 435. The third-order valence-electron chi connectivity index (χ3n) is 2.16. The maximum absolute atomic E-state index is 11.8. The van der Waals surface area contributed by atoms with E-state index in [0.29, 0.717) is 11.3 Å². The molecule has 3 nitrogen and oxygen atoms in total. The van der Waals surface area contributed by atoms with Gasteiger partial charge in [-0.15, -0.1) is 11.6 Å². The standard InChI is InChI=1S/C12H13ClF3NO2/c1-8(13)9-4-2-3-5-10(9)17-11(18)6-19-7-12(14,15)16/h2-5,8H,6-7H2,1H3,(H,17,18). The largest absolute Gasteiger partial charge is 0.411 e. The predicted molar refractivity (Wildman–Crippen MR) is 66.2 cm³/mol. The van der Waals surface area contributed by atoms with E-state index in [0.717, 1.165) is 0 Å². The molecular formula is C12H13ClF3NO2. The number of amides is 1. The molecule has 0 fully saturated rings. The molecule has 0 aliphatic carbocycles. The highest BCUT2D eigenvalue weighted by Crippen LogP contribution is 2.26. The number of carbonyl (C=O) groups is 1. The van der Waals surface area contributed by atoms with E-state index < -0.39 is 25.3 Å². The summed E-state index contributed by atoms with van der Waals surface area (Å²) in [6, 6.07) is 6.79. The molecule has 1 unspecified atom stereocenters. The van der Waals surface area contributed by atoms with Crippen molar-refractivity contribution in [1.82, 2.24) is 0 Å². The lowest BCUT2D eigenvalue weighted by Crippen LogP contribution is -2.24. The first kappa shape index (κ1) is 15.8. The predicted octanol–water partition coefficient (Wildman–Crippen LogP) is 3.50. The second kappa shape index (κ2) is 6.77. The average molecular weight is 296 g/mol. The van der Waals surface area contributed by atoms with Gasteiger partial charge in [-0.25, -0.2) is 0 Å². The normalized spacial score (nSPS) is 13.1. The Morgan fingerprint density at radius 1 is 1.42 bits per heavy atom. The third kappa shape index (κ3) is 5.94. The van der Waals surface area contributed by atoms with Crippen LogP contribution in [0.3, 0.4) is 0 Å². The van der Waals surface area contributed by atoms with Gasteiger partial charge in [0, 0.05) is 5.69 Å². The Balaban J connectivity index is 2.53. The van der Waals surface area contributed by atoms with E-state index in [1.165, 1.54) is 0 Å². The minimum Gasteiger partial charge on any atom is -0.362 e. The second-order valence-electron chi connectivity index (χ2n) is 3.86. The van der Waals surface area contributed by atoms with Gasteiger partial charge in [-0.05, 0) is 18.6 Å². The number of hydrogen-bond donors (Lipinski definition) is 1. The van der Waals surface area contributed by atoms with Gasteiger partial charge >= 0.3 is 6.18 Å². The molecule has 0 saturated carbocycles. The number of nitrogens with one attached hydrogen (secondary N) is 1. The zero-order chi connectivity index (χ0) is 14.5. The van der Waals surface area contributed by atoms with Crippen molar-refractivity contribution >= 4 is 23.2 Å². The molecule has 1 rings (SSSR count). The van der Waals surface area contributed by atoms with Crippen molar-refractivity contribution in [2.75, 3.05) is 18.5 Å². The number of halogens is 4. The average Bonchev–Trinajstić information content (AvgIpc) is 2.27. The van der Waals surface area contributed by atoms with Crippen molar-refractivity contribution in [3.05, 3.63) is 29.8 Å². The van der Waals surface area contributed by atoms with E-state index in [4.69, 9.17) is 11.6 Å². The zero-order valence-electron chi connectivity index (χ0n) is 10.1. The molecule has 0 heterocycles. The zero-order valence-corrected chi connectivity index (χ0v) is 10.9. The number of benzene rings is 1. The highest BCUT2D eigenvalue weighted by molar-refractivity contribution is 6.21. The topological polar surface area (TPSA) is 38.3 Å². The van der Waals surface area contributed by atoms with Crippen LogP contribution in [-0.2, 0) is 9.53 Å². The fourth-order valence-corrected chi connectivity index (χ4v) is 1.59. The van der Waals surface area contributed by atoms with E-state index >= 15 is 0 Å². The lowest BCUT2D eigenvalue weighted by Gasteiger charge is -2.13. The minimum absolute atomic E-state index is 0.326. The molecule has 1 N–H and O–H groups in total. The molecule has 0 aliphatic rings. The number of carbonyl (C=O) groups excluding carboxylic acids is 1. The van der Waals surface area contributed by atoms with Crippen LogP contribution in [0.5, 0.6) is 0 Å². The molecule has 106 valence electrons. The van der Waals surface area contributed by atoms with Gasteiger partial charge in [0.05, 0.1) is 5.38 Å². The summed E-state index contributed by atoms with van der Waals surface area (Å²) in [5.41, 5.74) is 1.15. The molecule has 1 amide bonds. The SMILES string of the molecule is CC(Cl)c1ccccc1NC(=O)COCC(F)(F)F. The van der Waals surface area contributed by atoms with Crippen molar-refractivity contribution in [3.8, 4) is 0 Å². The smallest absolute Gasteiger partial charge is 0.362 e. The first-order valence-corrected chi connectivity index (χ1v) is 5.90. The second-order valence-corrected chi connectivity index (χ2v) is 4.51. The Morgan fingerprint density at radius 3 is 2.63 bits per heavy atom. The van der Waals surface area contributed by atoms with E-state index in [1.54, 1.807) is 31.2 Å². The quantitative estimate of drug-likeness (QED) is 0.844. The molecule has 0 spiro atoms. The van der Waals surface area contributed by atoms with Crippen molar-refractivity contribution in [2.24, 2.45) is 0 Å². The summed E-state index contributed by atoms with van der Waals surface area (Å²) in [5, 5.41) is 2.14. The van der Waals surface area contributed by atoms with Crippen molar-refractivity contribution < 1.29 is 22.7 Å². The summed E-state index contributed by atoms with van der Waals surface area (Å²) >= 11 is 5.92. The van der Waals surface area contributed by atoms with Gasteiger partial charge < -0.3 is 10.1 Å². The number of para-hydroxylation sites is 1. The minimum atomic E-state index is -4.44. The summed E-state index contributed by atoms with van der Waals surface area (Å²) in [6.45, 7) is -0.384. The molecular weight excluding hydrogens is 283 g/mol. The summed E-state index contributed by atoms with van der Waals surface area (Å²) in [4.78, 5) is 11.4. The molecule has 1 atom stereocenters. The summed E-state index contributed by atoms with van der Waals surface area (Å²) < 4.78 is 39.7. The summed E-state index contributed by atoms with van der Waals surface area (Å²) in [7, 11) is 0. The van der Waals surface area contributed by atoms with Crippen molar-refractivity contribution in [1.29, 1.82) is 0 Å². The van der Waals surface area contributed by atoms with E-state index in [1.807, 2.05) is 0 Å². The fourth-order valence-electron chi connectivity index (χ4n) is 1.40. The Hall–Kier alpha value is -1.27. The van der Waals surface area contributed by atoms with Crippen LogP contribution in [0.15, 0.2) is 24.3 Å². The van der Waals surface area contributed by atoms with Gasteiger partial charge in [-0.2, -0.15) is 13.2 Å². The van der Waals surface area contributed by atoms with E-state index in [9.17, 15) is 18.0 Å². The molecule has 0 bridgehead atoms. The third-order valence-corrected chi connectivity index (χ3v) is 2.40. The van der Waals surface area contributed by atoms with Crippen LogP contribution in [0.4, 0.5) is 18.9 Å². The van der Waals surface area contributed by atoms with Gasteiger partial charge in [0.15, 0.2) is 0 Å². The van der Waals surface area contributed by atoms with E-state index in [2.05, 4.69) is 10.1 Å². The molecule has 0 radical (unpaired) electrons. The summed E-state index contributed by atoms with van der Waals surface area (Å²) in [5.74, 6) is -0.658. The highest BCUT2D eigenvalue weighted by Gasteiger charge is 2.27. The summed E-state index contributed by atoms with van der Waals surface area (Å²) in [6.07, 6.45) is -4.44. The van der Waals surface area contributed by atoms with Crippen LogP contribution in [0.1, 0.15) is 17.9 Å². The molecule has 1 aromatic carbocycles. The molecule has 1 aromatic rings. The Morgan fingerprint density at radius 2 is 2.05 bits per heavy atom. The number of anilines is 1. The number of ether oxygens (including phenoxy) is 1. The molecule has 0 saturated heterocycles. The van der Waals surface area contributed by atoms with Crippen LogP contribution in [0, 0.1) is 0 Å². The first-order chi connectivity index (χ1) is 8.79. The lowest BCUT2D eigenvalue weighted by molar-refractivity contribution is -0.174. The van der Waals surface area contributed by atoms with Crippen LogP contribution in [0.2, 0.25) is 0 Å². The first-order valence-electron chi connectivity index (χ1n) is 5.47. The fraction of sp³-hybridized carbons (Fsp3) is 0.417. The highest BCUT2D eigenvalue weighted by atomic mass is 35.5. The van der Waals surface area contributed by atoms with Crippen LogP contribution < -0.4 is 5.32 Å². The van der Waals surface area contributed by atoms with Gasteiger partial charge in [0.2, 0.25) is 5.91 Å². The Kier molecular flexibility index (Phi) is 5.62.